The Morgan fingerprint density at radius 2 is 1.52 bits per heavy atom. The normalized spacial score (nSPS) is 10.3. The number of hydrogen-bond acceptors (Lipinski definition) is 7. The number of anilines is 3. The summed E-state index contributed by atoms with van der Waals surface area (Å²) in [4.78, 5) is 23.2. The smallest absolute Gasteiger partial charge is 0.227 e. The van der Waals surface area contributed by atoms with Crippen molar-refractivity contribution in [2.24, 2.45) is 0 Å². The van der Waals surface area contributed by atoms with Crippen LogP contribution in [0.3, 0.4) is 0 Å². The van der Waals surface area contributed by atoms with Crippen molar-refractivity contribution < 1.29 is 0 Å². The Labute approximate surface area is 125 Å². The summed E-state index contributed by atoms with van der Waals surface area (Å²) in [5.74, 6) is 2.26. The molecule has 0 fully saturated rings. The molecule has 0 bridgehead atoms. The fourth-order valence-electron chi connectivity index (χ4n) is 1.78. The molecule has 0 N–H and O–H groups in total. The molecule has 2 heterocycles. The summed E-state index contributed by atoms with van der Waals surface area (Å²) in [5.41, 5.74) is 1.02. The van der Waals surface area contributed by atoms with Crippen LogP contribution in [-0.4, -0.2) is 55.2 Å². The van der Waals surface area contributed by atoms with Crippen LogP contribution in [0.2, 0.25) is 0 Å². The van der Waals surface area contributed by atoms with Crippen LogP contribution < -0.4 is 14.7 Å². The molecule has 0 aliphatic rings. The predicted octanol–water partition coefficient (Wildman–Crippen LogP) is 1.03. The van der Waals surface area contributed by atoms with Crippen LogP contribution in [0, 0.1) is 0 Å². The second-order valence-corrected chi connectivity index (χ2v) is 5.25. The van der Waals surface area contributed by atoms with Crippen LogP contribution in [0.25, 0.3) is 0 Å². The van der Waals surface area contributed by atoms with Crippen LogP contribution in [0.4, 0.5) is 17.7 Å². The van der Waals surface area contributed by atoms with Crippen LogP contribution >= 0.6 is 0 Å². The fourth-order valence-corrected chi connectivity index (χ4v) is 1.78. The molecular weight excluding hydrogens is 266 g/mol. The Morgan fingerprint density at radius 3 is 2.10 bits per heavy atom. The number of aromatic nitrogens is 4. The van der Waals surface area contributed by atoms with E-state index in [1.807, 2.05) is 68.4 Å². The van der Waals surface area contributed by atoms with Gasteiger partial charge in [-0.05, 0) is 6.07 Å². The van der Waals surface area contributed by atoms with Crippen molar-refractivity contribution in [1.82, 2.24) is 19.9 Å². The lowest BCUT2D eigenvalue weighted by Gasteiger charge is -2.19. The molecule has 0 unspecified atom stereocenters. The van der Waals surface area contributed by atoms with Gasteiger partial charge in [-0.25, -0.2) is 15.0 Å². The van der Waals surface area contributed by atoms with E-state index in [2.05, 4.69) is 19.9 Å². The maximum Gasteiger partial charge on any atom is 0.227 e. The molecule has 0 saturated heterocycles. The lowest BCUT2D eigenvalue weighted by Crippen LogP contribution is -2.21. The van der Waals surface area contributed by atoms with E-state index in [1.54, 1.807) is 6.20 Å². The minimum Gasteiger partial charge on any atom is -0.363 e. The van der Waals surface area contributed by atoms with Gasteiger partial charge in [-0.15, -0.1) is 0 Å². The van der Waals surface area contributed by atoms with E-state index in [0.29, 0.717) is 18.4 Å². The average Bonchev–Trinajstić information content (AvgIpc) is 2.48. The maximum absolute atomic E-state index is 4.51. The Kier molecular flexibility index (Phi) is 4.52. The van der Waals surface area contributed by atoms with Crippen molar-refractivity contribution >= 4 is 17.7 Å². The number of hydrogen-bond donors (Lipinski definition) is 0. The highest BCUT2D eigenvalue weighted by molar-refractivity contribution is 5.42. The van der Waals surface area contributed by atoms with Gasteiger partial charge >= 0.3 is 0 Å². The zero-order valence-electron chi connectivity index (χ0n) is 13.1. The van der Waals surface area contributed by atoms with Crippen molar-refractivity contribution in [3.05, 3.63) is 30.2 Å². The molecule has 2 aromatic heterocycles. The van der Waals surface area contributed by atoms with Gasteiger partial charge in [-0.1, -0.05) is 0 Å². The minimum absolute atomic E-state index is 0.657. The van der Waals surface area contributed by atoms with Crippen molar-refractivity contribution in [1.29, 1.82) is 0 Å². The quantitative estimate of drug-likeness (QED) is 0.814. The van der Waals surface area contributed by atoms with Crippen LogP contribution in [0.5, 0.6) is 0 Å². The fraction of sp³-hybridized carbons (Fsp3) is 0.429. The minimum atomic E-state index is 0.657. The van der Waals surface area contributed by atoms with Crippen molar-refractivity contribution in [2.75, 3.05) is 49.9 Å². The highest BCUT2D eigenvalue weighted by atomic mass is 15.3. The van der Waals surface area contributed by atoms with E-state index in [-0.39, 0.29) is 0 Å². The molecule has 21 heavy (non-hydrogen) atoms. The summed E-state index contributed by atoms with van der Waals surface area (Å²) in [6, 6.07) is 1.88. The van der Waals surface area contributed by atoms with Crippen LogP contribution in [-0.2, 0) is 6.54 Å². The SMILES string of the molecule is CN(C)c1ccnc(N(C)Cc2cnc(N(C)C)nc2)n1. The first kappa shape index (κ1) is 15.0. The molecule has 0 aliphatic carbocycles. The van der Waals surface area contributed by atoms with Gasteiger partial charge in [-0.2, -0.15) is 4.98 Å². The third-order valence-corrected chi connectivity index (χ3v) is 2.94. The van der Waals surface area contributed by atoms with Gasteiger partial charge in [0.1, 0.15) is 5.82 Å². The van der Waals surface area contributed by atoms with Gasteiger partial charge < -0.3 is 14.7 Å². The first-order valence-electron chi connectivity index (χ1n) is 6.67. The summed E-state index contributed by atoms with van der Waals surface area (Å²) < 4.78 is 0. The molecular formula is C14H21N7. The van der Waals surface area contributed by atoms with Crippen LogP contribution in [0.1, 0.15) is 5.56 Å². The van der Waals surface area contributed by atoms with Crippen molar-refractivity contribution in [3.8, 4) is 0 Å². The molecule has 7 nitrogen and oxygen atoms in total. The Hall–Kier alpha value is -2.44. The summed E-state index contributed by atoms with van der Waals surface area (Å²) in [6.45, 7) is 0.657. The second-order valence-electron chi connectivity index (χ2n) is 5.25. The van der Waals surface area contributed by atoms with Crippen molar-refractivity contribution in [2.45, 2.75) is 6.54 Å². The zero-order chi connectivity index (χ0) is 15.4. The summed E-state index contributed by atoms with van der Waals surface area (Å²) >= 11 is 0. The highest BCUT2D eigenvalue weighted by Gasteiger charge is 2.08. The van der Waals surface area contributed by atoms with Crippen LogP contribution in [0.15, 0.2) is 24.7 Å². The van der Waals surface area contributed by atoms with Gasteiger partial charge in [0.15, 0.2) is 0 Å². The molecule has 0 spiro atoms. The van der Waals surface area contributed by atoms with Crippen molar-refractivity contribution in [3.63, 3.8) is 0 Å². The summed E-state index contributed by atoms with van der Waals surface area (Å²) in [7, 11) is 9.71. The molecule has 0 aromatic carbocycles. The molecule has 0 amide bonds. The molecule has 0 radical (unpaired) electrons. The predicted molar refractivity (Wildman–Crippen MR) is 84.8 cm³/mol. The van der Waals surface area contributed by atoms with E-state index in [1.165, 1.54) is 0 Å². The second kappa shape index (κ2) is 6.34. The first-order valence-corrected chi connectivity index (χ1v) is 6.67. The first-order chi connectivity index (χ1) is 9.97. The Morgan fingerprint density at radius 1 is 0.857 bits per heavy atom. The highest BCUT2D eigenvalue weighted by Crippen LogP contribution is 2.14. The molecule has 2 rings (SSSR count). The largest absolute Gasteiger partial charge is 0.363 e. The van der Waals surface area contributed by atoms with E-state index in [4.69, 9.17) is 0 Å². The van der Waals surface area contributed by atoms with Gasteiger partial charge in [0.2, 0.25) is 11.9 Å². The van der Waals surface area contributed by atoms with Gasteiger partial charge in [0.05, 0.1) is 0 Å². The van der Waals surface area contributed by atoms with E-state index in [9.17, 15) is 0 Å². The summed E-state index contributed by atoms with van der Waals surface area (Å²) in [6.07, 6.45) is 5.42. The molecule has 2 aromatic rings. The van der Waals surface area contributed by atoms with Gasteiger partial charge in [0.25, 0.3) is 0 Å². The van der Waals surface area contributed by atoms with E-state index >= 15 is 0 Å². The Balaban J connectivity index is 2.10. The number of nitrogens with zero attached hydrogens (tertiary/aromatic N) is 7. The monoisotopic (exact) mass is 287 g/mol. The standard InChI is InChI=1S/C14H21N7/c1-19(2)12-6-7-15-14(18-12)21(5)10-11-8-16-13(17-9-11)20(3)4/h6-9H,10H2,1-5H3. The molecule has 7 heteroatoms. The third-order valence-electron chi connectivity index (χ3n) is 2.94. The lowest BCUT2D eigenvalue weighted by atomic mass is 10.3. The lowest BCUT2D eigenvalue weighted by molar-refractivity contribution is 0.846. The third kappa shape index (κ3) is 3.77. The molecule has 112 valence electrons. The summed E-state index contributed by atoms with van der Waals surface area (Å²) in [5, 5.41) is 0. The zero-order valence-corrected chi connectivity index (χ0v) is 13.1. The molecule has 0 atom stereocenters. The maximum atomic E-state index is 4.51. The molecule has 0 aliphatic heterocycles. The van der Waals surface area contributed by atoms with Gasteiger partial charge in [-0.3, -0.25) is 0 Å². The number of rotatable bonds is 5. The average molecular weight is 287 g/mol. The topological polar surface area (TPSA) is 61.3 Å². The van der Waals surface area contributed by atoms with Gasteiger partial charge in [0, 0.05) is 65.9 Å². The van der Waals surface area contributed by atoms with E-state index in [0.717, 1.165) is 11.4 Å². The Bertz CT molecular complexity index is 580. The van der Waals surface area contributed by atoms with E-state index < -0.39 is 0 Å². The molecule has 0 saturated carbocycles.